The summed E-state index contributed by atoms with van der Waals surface area (Å²) in [5.41, 5.74) is 1.01. The van der Waals surface area contributed by atoms with E-state index in [0.717, 1.165) is 36.7 Å². The van der Waals surface area contributed by atoms with Crippen LogP contribution in [0.5, 0.6) is 11.5 Å². The molecule has 7 nitrogen and oxygen atoms in total. The van der Waals surface area contributed by atoms with E-state index in [9.17, 15) is 4.79 Å². The molecule has 1 aromatic carbocycles. The minimum atomic E-state index is -0.0768. The summed E-state index contributed by atoms with van der Waals surface area (Å²) in [5.74, 6) is 1.49. The molecule has 2 aliphatic rings. The average Bonchev–Trinajstić information content (AvgIpc) is 3.01. The van der Waals surface area contributed by atoms with E-state index in [-0.39, 0.29) is 25.0 Å². The number of nitrogens with one attached hydrogen (secondary N) is 1. The first-order valence-electron chi connectivity index (χ1n) is 8.76. The molecule has 2 atom stereocenters. The minimum absolute atomic E-state index is 0.0768. The van der Waals surface area contributed by atoms with E-state index in [2.05, 4.69) is 24.1 Å². The van der Waals surface area contributed by atoms with Crippen molar-refractivity contribution in [2.24, 2.45) is 0 Å². The summed E-state index contributed by atoms with van der Waals surface area (Å²) in [6, 6.07) is 5.67. The predicted molar refractivity (Wildman–Crippen MR) is 93.9 cm³/mol. The lowest BCUT2D eigenvalue weighted by atomic mass is 10.2. The van der Waals surface area contributed by atoms with E-state index in [0.29, 0.717) is 13.1 Å². The second-order valence-electron chi connectivity index (χ2n) is 6.79. The van der Waals surface area contributed by atoms with E-state index < -0.39 is 0 Å². The van der Waals surface area contributed by atoms with Crippen molar-refractivity contribution in [2.75, 3.05) is 40.0 Å². The Morgan fingerprint density at radius 3 is 2.72 bits per heavy atom. The fourth-order valence-corrected chi connectivity index (χ4v) is 3.31. The first-order valence-corrected chi connectivity index (χ1v) is 8.76. The first-order chi connectivity index (χ1) is 12.0. The highest BCUT2D eigenvalue weighted by Gasteiger charge is 2.22. The lowest BCUT2D eigenvalue weighted by molar-refractivity contribution is -0.0672. The number of fused-ring (bicyclic) bond motifs is 1. The summed E-state index contributed by atoms with van der Waals surface area (Å²) >= 11 is 0. The monoisotopic (exact) mass is 349 g/mol. The highest BCUT2D eigenvalue weighted by atomic mass is 16.7. The Morgan fingerprint density at radius 1 is 1.24 bits per heavy atom. The Kier molecular flexibility index (Phi) is 5.65. The largest absolute Gasteiger partial charge is 0.454 e. The molecule has 0 radical (unpaired) electrons. The van der Waals surface area contributed by atoms with Crippen LogP contribution in [0, 0.1) is 0 Å². The topological polar surface area (TPSA) is 63.3 Å². The van der Waals surface area contributed by atoms with Crippen molar-refractivity contribution in [3.05, 3.63) is 23.8 Å². The maximum absolute atomic E-state index is 12.3. The molecule has 1 N–H and O–H groups in total. The summed E-state index contributed by atoms with van der Waals surface area (Å²) in [6.07, 6.45) is 0.487. The molecule has 7 heteroatoms. The van der Waals surface area contributed by atoms with Gasteiger partial charge in [0, 0.05) is 39.8 Å². The first kappa shape index (κ1) is 17.8. The number of nitrogens with zero attached hydrogens (tertiary/aromatic N) is 2. The van der Waals surface area contributed by atoms with Gasteiger partial charge >= 0.3 is 6.03 Å². The summed E-state index contributed by atoms with van der Waals surface area (Å²) < 4.78 is 16.4. The molecule has 1 aromatic rings. The van der Waals surface area contributed by atoms with Gasteiger partial charge in [0.25, 0.3) is 0 Å². The molecule has 0 spiro atoms. The van der Waals surface area contributed by atoms with Gasteiger partial charge in [-0.15, -0.1) is 0 Å². The Morgan fingerprint density at radius 2 is 1.96 bits per heavy atom. The Hall–Kier alpha value is -1.99. The van der Waals surface area contributed by atoms with Gasteiger partial charge in [0.2, 0.25) is 6.79 Å². The van der Waals surface area contributed by atoms with Gasteiger partial charge in [0.1, 0.15) is 0 Å². The maximum atomic E-state index is 12.3. The van der Waals surface area contributed by atoms with E-state index in [1.807, 2.05) is 18.2 Å². The van der Waals surface area contributed by atoms with E-state index in [1.165, 1.54) is 0 Å². The lowest BCUT2D eigenvalue weighted by Gasteiger charge is -2.35. The molecular formula is C18H27N3O4. The van der Waals surface area contributed by atoms with Crippen molar-refractivity contribution in [2.45, 2.75) is 32.6 Å². The zero-order valence-corrected chi connectivity index (χ0v) is 15.2. The molecule has 3 rings (SSSR count). The smallest absolute Gasteiger partial charge is 0.317 e. The Bertz CT molecular complexity index is 600. The molecule has 2 amide bonds. The summed E-state index contributed by atoms with van der Waals surface area (Å²) in [4.78, 5) is 16.3. The molecule has 0 bridgehead atoms. The van der Waals surface area contributed by atoms with Crippen molar-refractivity contribution in [1.82, 2.24) is 15.1 Å². The number of hydrogen-bond donors (Lipinski definition) is 1. The van der Waals surface area contributed by atoms with Gasteiger partial charge in [-0.2, -0.15) is 0 Å². The summed E-state index contributed by atoms with van der Waals surface area (Å²) in [7, 11) is 1.79. The molecule has 25 heavy (non-hydrogen) atoms. The van der Waals surface area contributed by atoms with Crippen LogP contribution in [0.4, 0.5) is 4.79 Å². The molecule has 0 aliphatic carbocycles. The SMILES string of the molecule is CC1CN(CCNC(=O)N(C)Cc2ccc3c(c2)OCO3)CC(C)O1. The standard InChI is InChI=1S/C18H27N3O4/c1-13-9-21(10-14(2)25-13)7-6-19-18(22)20(3)11-15-4-5-16-17(8-15)24-12-23-16/h4-5,8,13-14H,6-7,9-12H2,1-3H3,(H,19,22). The van der Waals surface area contributed by atoms with Crippen LogP contribution in [0.25, 0.3) is 0 Å². The highest BCUT2D eigenvalue weighted by Crippen LogP contribution is 2.32. The van der Waals surface area contributed by atoms with Crippen molar-refractivity contribution >= 4 is 6.03 Å². The van der Waals surface area contributed by atoms with E-state index >= 15 is 0 Å². The highest BCUT2D eigenvalue weighted by molar-refractivity contribution is 5.73. The molecule has 2 unspecified atom stereocenters. The zero-order chi connectivity index (χ0) is 17.8. The maximum Gasteiger partial charge on any atom is 0.317 e. The Balaban J connectivity index is 1.42. The van der Waals surface area contributed by atoms with Crippen molar-refractivity contribution < 1.29 is 19.0 Å². The Labute approximate surface area is 148 Å². The number of benzene rings is 1. The lowest BCUT2D eigenvalue weighted by Crippen LogP contribution is -2.48. The van der Waals surface area contributed by atoms with Gasteiger partial charge in [-0.05, 0) is 31.5 Å². The molecule has 2 heterocycles. The fourth-order valence-electron chi connectivity index (χ4n) is 3.31. The third-order valence-electron chi connectivity index (χ3n) is 4.40. The number of rotatable bonds is 5. The molecule has 0 aromatic heterocycles. The number of hydrogen-bond acceptors (Lipinski definition) is 5. The van der Waals surface area contributed by atoms with Crippen molar-refractivity contribution in [3.63, 3.8) is 0 Å². The zero-order valence-electron chi connectivity index (χ0n) is 15.2. The molecule has 2 aliphatic heterocycles. The average molecular weight is 349 g/mol. The van der Waals surface area contributed by atoms with Crippen LogP contribution in [0.1, 0.15) is 19.4 Å². The van der Waals surface area contributed by atoms with Gasteiger partial charge in [0.05, 0.1) is 12.2 Å². The summed E-state index contributed by atoms with van der Waals surface area (Å²) in [6.45, 7) is 8.23. The molecule has 1 saturated heterocycles. The molecular weight excluding hydrogens is 322 g/mol. The van der Waals surface area contributed by atoms with Gasteiger partial charge in [0.15, 0.2) is 11.5 Å². The number of carbonyl (C=O) groups is 1. The number of ether oxygens (including phenoxy) is 3. The second-order valence-corrected chi connectivity index (χ2v) is 6.79. The van der Waals surface area contributed by atoms with E-state index in [1.54, 1.807) is 11.9 Å². The normalized spacial score (nSPS) is 22.7. The van der Waals surface area contributed by atoms with Gasteiger partial charge in [-0.1, -0.05) is 6.07 Å². The quantitative estimate of drug-likeness (QED) is 0.876. The van der Waals surface area contributed by atoms with Crippen LogP contribution >= 0.6 is 0 Å². The van der Waals surface area contributed by atoms with Crippen LogP contribution in [0.15, 0.2) is 18.2 Å². The van der Waals surface area contributed by atoms with Gasteiger partial charge in [-0.3, -0.25) is 4.90 Å². The molecule has 1 fully saturated rings. The minimum Gasteiger partial charge on any atom is -0.454 e. The predicted octanol–water partition coefficient (Wildman–Crippen LogP) is 1.67. The van der Waals surface area contributed by atoms with Gasteiger partial charge in [-0.25, -0.2) is 4.79 Å². The third-order valence-corrected chi connectivity index (χ3v) is 4.40. The van der Waals surface area contributed by atoms with Crippen LogP contribution in [0.3, 0.4) is 0 Å². The number of urea groups is 1. The van der Waals surface area contributed by atoms with E-state index in [4.69, 9.17) is 14.2 Å². The fraction of sp³-hybridized carbons (Fsp3) is 0.611. The number of carbonyl (C=O) groups excluding carboxylic acids is 1. The third kappa shape index (κ3) is 4.76. The number of amides is 2. The van der Waals surface area contributed by atoms with Crippen LogP contribution in [0.2, 0.25) is 0 Å². The van der Waals surface area contributed by atoms with Crippen LogP contribution in [-0.2, 0) is 11.3 Å². The van der Waals surface area contributed by atoms with Crippen LogP contribution in [-0.4, -0.2) is 68.1 Å². The second kappa shape index (κ2) is 7.93. The van der Waals surface area contributed by atoms with Crippen LogP contribution < -0.4 is 14.8 Å². The molecule has 0 saturated carbocycles. The molecule has 138 valence electrons. The van der Waals surface area contributed by atoms with Crippen molar-refractivity contribution in [1.29, 1.82) is 0 Å². The summed E-state index contributed by atoms with van der Waals surface area (Å²) in [5, 5.41) is 2.98. The number of morpholine rings is 1. The van der Waals surface area contributed by atoms with Crippen molar-refractivity contribution in [3.8, 4) is 11.5 Å². The van der Waals surface area contributed by atoms with Gasteiger partial charge < -0.3 is 24.4 Å².